The monoisotopic (exact) mass is 329 g/mol. The molecule has 0 fully saturated rings. The van der Waals surface area contributed by atoms with Crippen LogP contribution in [0.15, 0.2) is 24.4 Å². The Hall–Kier alpha value is -1.53. The van der Waals surface area contributed by atoms with Crippen molar-refractivity contribution in [1.82, 2.24) is 9.78 Å². The fourth-order valence-corrected chi connectivity index (χ4v) is 3.15. The molecular weight excluding hydrogens is 315 g/mol. The molecule has 0 aliphatic heterocycles. The molecule has 0 radical (unpaired) electrons. The predicted molar refractivity (Wildman–Crippen MR) is 78.3 cm³/mol. The number of hydrogen-bond acceptors (Lipinski definition) is 2. The number of halogens is 4. The fourth-order valence-electron chi connectivity index (χ4n) is 2.95. The Morgan fingerprint density at radius 3 is 2.82 bits per heavy atom. The van der Waals surface area contributed by atoms with Crippen molar-refractivity contribution in [1.29, 1.82) is 0 Å². The highest BCUT2D eigenvalue weighted by Gasteiger charge is 2.32. The predicted octanol–water partition coefficient (Wildman–Crippen LogP) is 3.92. The molecule has 1 aliphatic rings. The van der Waals surface area contributed by atoms with Crippen molar-refractivity contribution in [2.24, 2.45) is 5.73 Å². The van der Waals surface area contributed by atoms with Gasteiger partial charge in [-0.2, -0.15) is 18.3 Å². The zero-order valence-electron chi connectivity index (χ0n) is 11.7. The second-order valence-corrected chi connectivity index (χ2v) is 5.85. The van der Waals surface area contributed by atoms with Gasteiger partial charge in [-0.3, -0.25) is 0 Å². The number of hydrogen-bond donors (Lipinski definition) is 1. The second-order valence-electron chi connectivity index (χ2n) is 5.45. The van der Waals surface area contributed by atoms with E-state index in [1.165, 1.54) is 10.7 Å². The normalized spacial score (nSPS) is 18.3. The maximum absolute atomic E-state index is 12.9. The van der Waals surface area contributed by atoms with E-state index in [1.807, 2.05) is 0 Å². The summed E-state index contributed by atoms with van der Waals surface area (Å²) in [6, 6.07) is 3.28. The SMILES string of the molecule is NCC1CCCc2c1cnn2-c1cc(C(F)(F)F)ccc1Cl. The maximum atomic E-state index is 12.9. The summed E-state index contributed by atoms with van der Waals surface area (Å²) in [6.07, 6.45) is -0.0317. The topological polar surface area (TPSA) is 43.8 Å². The first-order valence-corrected chi connectivity index (χ1v) is 7.43. The number of nitrogens with two attached hydrogens (primary N) is 1. The van der Waals surface area contributed by atoms with Gasteiger partial charge in [0.15, 0.2) is 0 Å². The molecule has 22 heavy (non-hydrogen) atoms. The van der Waals surface area contributed by atoms with Crippen LogP contribution >= 0.6 is 11.6 Å². The molecule has 3 nitrogen and oxygen atoms in total. The van der Waals surface area contributed by atoms with E-state index in [-0.39, 0.29) is 16.6 Å². The molecule has 0 spiro atoms. The Kier molecular flexibility index (Phi) is 3.91. The van der Waals surface area contributed by atoms with E-state index in [9.17, 15) is 13.2 Å². The third-order valence-electron chi connectivity index (χ3n) is 4.09. The van der Waals surface area contributed by atoms with Crippen molar-refractivity contribution in [2.45, 2.75) is 31.4 Å². The lowest BCUT2D eigenvalue weighted by molar-refractivity contribution is -0.137. The van der Waals surface area contributed by atoms with Gasteiger partial charge < -0.3 is 5.73 Å². The maximum Gasteiger partial charge on any atom is 0.416 e. The van der Waals surface area contributed by atoms with Crippen molar-refractivity contribution in [3.63, 3.8) is 0 Å². The molecule has 1 aromatic heterocycles. The molecule has 2 N–H and O–H groups in total. The summed E-state index contributed by atoms with van der Waals surface area (Å²) in [5.41, 5.74) is 7.21. The molecule has 2 aromatic rings. The van der Waals surface area contributed by atoms with Gasteiger partial charge in [0.25, 0.3) is 0 Å². The molecule has 0 saturated carbocycles. The van der Waals surface area contributed by atoms with E-state index in [2.05, 4.69) is 5.10 Å². The molecule has 0 amide bonds. The Labute approximate surface area is 130 Å². The Morgan fingerprint density at radius 2 is 2.14 bits per heavy atom. The quantitative estimate of drug-likeness (QED) is 0.907. The average molecular weight is 330 g/mol. The molecule has 118 valence electrons. The summed E-state index contributed by atoms with van der Waals surface area (Å²) >= 11 is 6.10. The lowest BCUT2D eigenvalue weighted by Crippen LogP contribution is -2.19. The number of rotatable bonds is 2. The highest BCUT2D eigenvalue weighted by atomic mass is 35.5. The van der Waals surface area contributed by atoms with Crippen molar-refractivity contribution in [3.8, 4) is 5.69 Å². The highest BCUT2D eigenvalue weighted by molar-refractivity contribution is 6.32. The summed E-state index contributed by atoms with van der Waals surface area (Å²) in [6.45, 7) is 0.509. The smallest absolute Gasteiger partial charge is 0.330 e. The number of alkyl halides is 3. The summed E-state index contributed by atoms with van der Waals surface area (Å²) < 4.78 is 40.2. The summed E-state index contributed by atoms with van der Waals surface area (Å²) in [5.74, 6) is 0.210. The van der Waals surface area contributed by atoms with E-state index in [4.69, 9.17) is 17.3 Å². The molecule has 0 saturated heterocycles. The van der Waals surface area contributed by atoms with E-state index in [0.717, 1.165) is 42.7 Å². The first-order valence-electron chi connectivity index (χ1n) is 7.06. The molecular formula is C15H15ClF3N3. The summed E-state index contributed by atoms with van der Waals surface area (Å²) in [4.78, 5) is 0. The van der Waals surface area contributed by atoms with Gasteiger partial charge in [-0.05, 0) is 55.5 Å². The fraction of sp³-hybridized carbons (Fsp3) is 0.400. The van der Waals surface area contributed by atoms with E-state index < -0.39 is 11.7 Å². The van der Waals surface area contributed by atoms with Gasteiger partial charge in [-0.1, -0.05) is 11.6 Å². The zero-order valence-corrected chi connectivity index (χ0v) is 12.5. The number of benzene rings is 1. The molecule has 3 rings (SSSR count). The molecule has 7 heteroatoms. The van der Waals surface area contributed by atoms with Crippen molar-refractivity contribution in [3.05, 3.63) is 46.2 Å². The Morgan fingerprint density at radius 1 is 1.36 bits per heavy atom. The third-order valence-corrected chi connectivity index (χ3v) is 4.41. The van der Waals surface area contributed by atoms with Crippen LogP contribution in [-0.2, 0) is 12.6 Å². The molecule has 1 aliphatic carbocycles. The number of fused-ring (bicyclic) bond motifs is 1. The van der Waals surface area contributed by atoms with Gasteiger partial charge in [-0.25, -0.2) is 4.68 Å². The van der Waals surface area contributed by atoms with Crippen LogP contribution in [0.5, 0.6) is 0 Å². The average Bonchev–Trinajstić information content (AvgIpc) is 2.90. The van der Waals surface area contributed by atoms with Crippen LogP contribution in [0.2, 0.25) is 5.02 Å². The van der Waals surface area contributed by atoms with Crippen molar-refractivity contribution >= 4 is 11.6 Å². The van der Waals surface area contributed by atoms with Crippen LogP contribution in [0.25, 0.3) is 5.69 Å². The van der Waals surface area contributed by atoms with Crippen LogP contribution < -0.4 is 5.73 Å². The van der Waals surface area contributed by atoms with Crippen LogP contribution in [0.1, 0.15) is 35.6 Å². The zero-order chi connectivity index (χ0) is 15.9. The first kappa shape index (κ1) is 15.4. The van der Waals surface area contributed by atoms with Crippen LogP contribution in [0.4, 0.5) is 13.2 Å². The first-order chi connectivity index (χ1) is 10.4. The van der Waals surface area contributed by atoms with Gasteiger partial charge >= 0.3 is 6.18 Å². The molecule has 1 aromatic carbocycles. The van der Waals surface area contributed by atoms with Crippen LogP contribution in [0.3, 0.4) is 0 Å². The van der Waals surface area contributed by atoms with Crippen LogP contribution in [-0.4, -0.2) is 16.3 Å². The number of nitrogens with zero attached hydrogens (tertiary/aromatic N) is 2. The summed E-state index contributed by atoms with van der Waals surface area (Å²) in [5, 5.41) is 4.50. The van der Waals surface area contributed by atoms with Gasteiger partial charge in [0.05, 0.1) is 22.5 Å². The van der Waals surface area contributed by atoms with Crippen molar-refractivity contribution < 1.29 is 13.2 Å². The molecule has 1 heterocycles. The molecule has 1 atom stereocenters. The Bertz CT molecular complexity index is 694. The minimum absolute atomic E-state index is 0.210. The molecule has 0 bridgehead atoms. The minimum Gasteiger partial charge on any atom is -0.330 e. The van der Waals surface area contributed by atoms with Gasteiger partial charge in [0.2, 0.25) is 0 Å². The van der Waals surface area contributed by atoms with E-state index in [0.29, 0.717) is 6.54 Å². The minimum atomic E-state index is -4.41. The standard InChI is InChI=1S/C15H15ClF3N3/c16-12-5-4-10(15(17,18)19)6-14(12)22-13-3-1-2-9(7-20)11(13)8-21-22/h4-6,8-9H,1-3,7,20H2. The lowest BCUT2D eigenvalue weighted by Gasteiger charge is -2.22. The number of aromatic nitrogens is 2. The highest BCUT2D eigenvalue weighted by Crippen LogP contribution is 2.36. The largest absolute Gasteiger partial charge is 0.416 e. The van der Waals surface area contributed by atoms with Gasteiger partial charge in [0.1, 0.15) is 0 Å². The summed E-state index contributed by atoms with van der Waals surface area (Å²) in [7, 11) is 0. The van der Waals surface area contributed by atoms with Gasteiger partial charge in [-0.15, -0.1) is 0 Å². The second kappa shape index (κ2) is 5.59. The molecule has 1 unspecified atom stereocenters. The third kappa shape index (κ3) is 2.61. The van der Waals surface area contributed by atoms with Crippen molar-refractivity contribution in [2.75, 3.05) is 6.54 Å². The van der Waals surface area contributed by atoms with E-state index >= 15 is 0 Å². The Balaban J connectivity index is 2.11. The lowest BCUT2D eigenvalue weighted by atomic mass is 9.87. The van der Waals surface area contributed by atoms with E-state index in [1.54, 1.807) is 6.20 Å². The van der Waals surface area contributed by atoms with Crippen LogP contribution in [0, 0.1) is 0 Å². The van der Waals surface area contributed by atoms with Gasteiger partial charge in [0, 0.05) is 5.69 Å².